The van der Waals surface area contributed by atoms with Gasteiger partial charge in [-0.25, -0.2) is 9.97 Å². The van der Waals surface area contributed by atoms with Crippen LogP contribution in [0, 0.1) is 5.92 Å². The van der Waals surface area contributed by atoms with Gasteiger partial charge in [0.25, 0.3) is 0 Å². The number of thioether (sulfide) groups is 1. The zero-order valence-electron chi connectivity index (χ0n) is 18.9. The molecule has 4 rings (SSSR count). The van der Waals surface area contributed by atoms with Crippen LogP contribution in [-0.2, 0) is 11.2 Å². The van der Waals surface area contributed by atoms with Crippen LogP contribution >= 0.6 is 34.4 Å². The van der Waals surface area contributed by atoms with E-state index in [1.165, 1.54) is 23.1 Å². The molecule has 0 saturated carbocycles. The van der Waals surface area contributed by atoms with Crippen molar-refractivity contribution >= 4 is 55.7 Å². The van der Waals surface area contributed by atoms with E-state index in [2.05, 4.69) is 44.7 Å². The lowest BCUT2D eigenvalue weighted by Crippen LogP contribution is -2.24. The lowest BCUT2D eigenvalue weighted by molar-refractivity contribution is -0.115. The monoisotopic (exact) mass is 499 g/mol. The van der Waals surface area contributed by atoms with Gasteiger partial charge >= 0.3 is 0 Å². The minimum atomic E-state index is -0.316. The number of rotatable bonds is 9. The number of nitrogens with zero attached hydrogens (tertiary/aromatic N) is 4. The zero-order valence-corrected chi connectivity index (χ0v) is 21.3. The number of fused-ring (bicyclic) bond motifs is 1. The minimum absolute atomic E-state index is 0.0947. The Balaban J connectivity index is 1.57. The fraction of sp³-hybridized carbons (Fsp3) is 0.348. The third kappa shape index (κ3) is 5.51. The van der Waals surface area contributed by atoms with Gasteiger partial charge in [-0.3, -0.25) is 10.1 Å². The maximum Gasteiger partial charge on any atom is 0.239 e. The summed E-state index contributed by atoms with van der Waals surface area (Å²) in [7, 11) is 1.65. The molecule has 1 unspecified atom stereocenters. The van der Waals surface area contributed by atoms with Crippen molar-refractivity contribution in [2.75, 3.05) is 12.4 Å². The molecule has 1 amide bonds. The van der Waals surface area contributed by atoms with Crippen LogP contribution in [-0.4, -0.2) is 38.4 Å². The highest BCUT2D eigenvalue weighted by molar-refractivity contribution is 8.00. The zero-order chi connectivity index (χ0) is 23.4. The summed E-state index contributed by atoms with van der Waals surface area (Å²) in [5.74, 6) is 1.20. The summed E-state index contributed by atoms with van der Waals surface area (Å²) in [5.41, 5.74) is 2.11. The maximum absolute atomic E-state index is 13.0. The fourth-order valence-corrected chi connectivity index (χ4v) is 6.27. The number of amides is 1. The summed E-state index contributed by atoms with van der Waals surface area (Å²) in [5, 5.41) is 16.3. The summed E-state index contributed by atoms with van der Waals surface area (Å²) >= 11 is 4.47. The summed E-state index contributed by atoms with van der Waals surface area (Å²) in [6.45, 7) is 6.27. The van der Waals surface area contributed by atoms with Crippen LogP contribution in [0.25, 0.3) is 21.3 Å². The molecule has 33 heavy (non-hydrogen) atoms. The summed E-state index contributed by atoms with van der Waals surface area (Å²) in [6, 6.07) is 7.92. The van der Waals surface area contributed by atoms with Crippen LogP contribution in [0.1, 0.15) is 32.2 Å². The smallest absolute Gasteiger partial charge is 0.239 e. The molecule has 0 bridgehead atoms. The SMILES string of the molecule is CCC(Sc1ncnc2scc(-c3ccc(OC)cc3)c12)C(=O)Nc1nnc(CC(C)C)s1. The van der Waals surface area contributed by atoms with Gasteiger partial charge < -0.3 is 4.74 Å². The Labute approximate surface area is 205 Å². The van der Waals surface area contributed by atoms with Gasteiger partial charge in [0.15, 0.2) is 0 Å². The molecule has 1 aromatic carbocycles. The van der Waals surface area contributed by atoms with E-state index >= 15 is 0 Å². The summed E-state index contributed by atoms with van der Waals surface area (Å²) < 4.78 is 5.28. The van der Waals surface area contributed by atoms with E-state index in [1.54, 1.807) is 24.8 Å². The van der Waals surface area contributed by atoms with Crippen molar-refractivity contribution in [3.05, 3.63) is 41.0 Å². The topological polar surface area (TPSA) is 89.9 Å². The largest absolute Gasteiger partial charge is 0.497 e. The molecule has 3 heterocycles. The van der Waals surface area contributed by atoms with Gasteiger partial charge in [-0.15, -0.1) is 21.5 Å². The Morgan fingerprint density at radius 2 is 1.97 bits per heavy atom. The fourth-order valence-electron chi connectivity index (χ4n) is 3.30. The first-order chi connectivity index (χ1) is 16.0. The van der Waals surface area contributed by atoms with Crippen LogP contribution in [0.3, 0.4) is 0 Å². The highest BCUT2D eigenvalue weighted by Gasteiger charge is 2.23. The van der Waals surface area contributed by atoms with E-state index in [0.29, 0.717) is 17.5 Å². The van der Waals surface area contributed by atoms with E-state index in [9.17, 15) is 4.79 Å². The normalized spacial score (nSPS) is 12.3. The Bertz CT molecular complexity index is 1240. The highest BCUT2D eigenvalue weighted by Crippen LogP contribution is 2.40. The highest BCUT2D eigenvalue weighted by atomic mass is 32.2. The van der Waals surface area contributed by atoms with Crippen LogP contribution < -0.4 is 10.1 Å². The van der Waals surface area contributed by atoms with Crippen molar-refractivity contribution in [1.29, 1.82) is 0 Å². The molecule has 0 aliphatic heterocycles. The molecule has 0 radical (unpaired) electrons. The van der Waals surface area contributed by atoms with E-state index in [-0.39, 0.29) is 11.2 Å². The van der Waals surface area contributed by atoms with E-state index < -0.39 is 0 Å². The number of methoxy groups -OCH3 is 1. The lowest BCUT2D eigenvalue weighted by atomic mass is 10.1. The molecule has 0 spiro atoms. The van der Waals surface area contributed by atoms with Crippen molar-refractivity contribution in [3.8, 4) is 16.9 Å². The predicted molar refractivity (Wildman–Crippen MR) is 136 cm³/mol. The number of carbonyl (C=O) groups is 1. The Morgan fingerprint density at radius 1 is 1.18 bits per heavy atom. The Hall–Kier alpha value is -2.56. The first-order valence-corrected chi connectivity index (χ1v) is 13.2. The molecular formula is C23H25N5O2S3. The number of carbonyl (C=O) groups excluding carboxylic acids is 1. The number of hydrogen-bond donors (Lipinski definition) is 1. The quantitative estimate of drug-likeness (QED) is 0.226. The van der Waals surface area contributed by atoms with E-state index in [4.69, 9.17) is 4.74 Å². The predicted octanol–water partition coefficient (Wildman–Crippen LogP) is 5.93. The second kappa shape index (κ2) is 10.6. The third-order valence-corrected chi connectivity index (χ3v) is 8.05. The third-order valence-electron chi connectivity index (χ3n) is 4.93. The number of ether oxygens (including phenoxy) is 1. The van der Waals surface area contributed by atoms with Gasteiger partial charge in [0, 0.05) is 17.4 Å². The van der Waals surface area contributed by atoms with Crippen molar-refractivity contribution in [2.45, 2.75) is 43.9 Å². The van der Waals surface area contributed by atoms with Crippen molar-refractivity contribution in [2.24, 2.45) is 5.92 Å². The summed E-state index contributed by atoms with van der Waals surface area (Å²) in [4.78, 5) is 22.9. The van der Waals surface area contributed by atoms with Crippen LogP contribution in [0.2, 0.25) is 0 Å². The summed E-state index contributed by atoms with van der Waals surface area (Å²) in [6.07, 6.45) is 3.07. The number of hydrogen-bond acceptors (Lipinski definition) is 9. The molecule has 0 aliphatic carbocycles. The average Bonchev–Trinajstić information content (AvgIpc) is 3.44. The van der Waals surface area contributed by atoms with Crippen molar-refractivity contribution < 1.29 is 9.53 Å². The molecular weight excluding hydrogens is 474 g/mol. The number of anilines is 1. The minimum Gasteiger partial charge on any atom is -0.497 e. The van der Waals surface area contributed by atoms with E-state index in [0.717, 1.165) is 43.5 Å². The van der Waals surface area contributed by atoms with Gasteiger partial charge in [0.1, 0.15) is 26.9 Å². The number of nitrogens with one attached hydrogen (secondary N) is 1. The van der Waals surface area contributed by atoms with Crippen molar-refractivity contribution in [3.63, 3.8) is 0 Å². The molecule has 4 aromatic rings. The standard InChI is InChI=1S/C23H25N5O2S3/c1-5-17(20(29)26-23-28-27-18(33-23)10-13(2)3)32-22-19-16(11-31-21(19)24-12-25-22)14-6-8-15(30-4)9-7-14/h6-9,11-13,17H,5,10H2,1-4H3,(H,26,28,29). The van der Waals surface area contributed by atoms with Crippen molar-refractivity contribution in [1.82, 2.24) is 20.2 Å². The molecule has 10 heteroatoms. The Morgan fingerprint density at radius 3 is 2.67 bits per heavy atom. The number of aromatic nitrogens is 4. The lowest BCUT2D eigenvalue weighted by Gasteiger charge is -2.14. The number of thiophene rings is 1. The average molecular weight is 500 g/mol. The van der Waals surface area contributed by atoms with E-state index in [1.807, 2.05) is 31.2 Å². The molecule has 172 valence electrons. The second-order valence-electron chi connectivity index (χ2n) is 7.84. The van der Waals surface area contributed by atoms with Crippen LogP contribution in [0.5, 0.6) is 5.75 Å². The van der Waals surface area contributed by atoms with Crippen LogP contribution in [0.4, 0.5) is 5.13 Å². The number of benzene rings is 1. The Kier molecular flexibility index (Phi) is 7.56. The molecule has 0 saturated heterocycles. The molecule has 3 aromatic heterocycles. The first kappa shape index (κ1) is 23.6. The maximum atomic E-state index is 13.0. The van der Waals surface area contributed by atoms with Gasteiger partial charge in [-0.05, 0) is 30.0 Å². The molecule has 1 atom stereocenters. The van der Waals surface area contributed by atoms with Gasteiger partial charge in [0.05, 0.1) is 17.7 Å². The van der Waals surface area contributed by atoms with Crippen LogP contribution in [0.15, 0.2) is 41.0 Å². The molecule has 0 aliphatic rings. The second-order valence-corrected chi connectivity index (χ2v) is 11.0. The molecule has 7 nitrogen and oxygen atoms in total. The van der Waals surface area contributed by atoms with Gasteiger partial charge in [-0.1, -0.05) is 56.0 Å². The van der Waals surface area contributed by atoms with Gasteiger partial charge in [0.2, 0.25) is 11.0 Å². The molecule has 0 fully saturated rings. The molecule has 1 N–H and O–H groups in total. The van der Waals surface area contributed by atoms with Gasteiger partial charge in [-0.2, -0.15) is 0 Å². The first-order valence-electron chi connectivity index (χ1n) is 10.6.